The van der Waals surface area contributed by atoms with Gasteiger partial charge in [-0.2, -0.15) is 0 Å². The van der Waals surface area contributed by atoms with Crippen molar-refractivity contribution in [3.63, 3.8) is 0 Å². The SMILES string of the molecule is C#CC[C@](C)(CCCC(C)(C)O[Si](C)(C)C)[C@H]1CC[C@H]2[C@@H](O[Si](C)(C)C(C)(C)C)CCC[C@]12C. The van der Waals surface area contributed by atoms with Gasteiger partial charge in [-0.25, -0.2) is 0 Å². The van der Waals surface area contributed by atoms with Crippen LogP contribution in [0.3, 0.4) is 0 Å². The van der Waals surface area contributed by atoms with Crippen LogP contribution >= 0.6 is 0 Å². The molecular weight excluding hydrogens is 449 g/mol. The van der Waals surface area contributed by atoms with Crippen molar-refractivity contribution in [1.82, 2.24) is 0 Å². The van der Waals surface area contributed by atoms with E-state index in [1.54, 1.807) is 0 Å². The minimum atomic E-state index is -1.77. The molecule has 0 spiro atoms. The molecule has 0 bridgehead atoms. The molecular formula is C30H58O2Si2. The molecule has 0 aromatic rings. The number of terminal acetylenes is 1. The Hall–Kier alpha value is -0.0862. The smallest absolute Gasteiger partial charge is 0.192 e. The van der Waals surface area contributed by atoms with Crippen LogP contribution in [0.4, 0.5) is 0 Å². The molecule has 0 N–H and O–H groups in total. The summed E-state index contributed by atoms with van der Waals surface area (Å²) >= 11 is 0. The maximum Gasteiger partial charge on any atom is 0.192 e. The highest BCUT2D eigenvalue weighted by molar-refractivity contribution is 6.74. The molecule has 0 unspecified atom stereocenters. The van der Waals surface area contributed by atoms with Crippen molar-refractivity contribution in [1.29, 1.82) is 0 Å². The molecule has 34 heavy (non-hydrogen) atoms. The normalized spacial score (nSPS) is 30.5. The molecule has 2 nitrogen and oxygen atoms in total. The van der Waals surface area contributed by atoms with Crippen LogP contribution in [-0.2, 0) is 8.85 Å². The fraction of sp³-hybridized carbons (Fsp3) is 0.933. The lowest BCUT2D eigenvalue weighted by molar-refractivity contribution is -0.0441. The van der Waals surface area contributed by atoms with Gasteiger partial charge in [0, 0.05) is 12.5 Å². The maximum absolute atomic E-state index is 7.10. The standard InChI is InChI=1S/C30H58O2Si2/c1-14-20-29(7,22-16-21-28(5,6)32-33(9,10)11)26-19-18-24-25(17-15-23-30(24,26)8)31-34(12,13)27(2,3)4/h1,24-26H,15-23H2,2-13H3/t24-,25-,26+,29+,30-/m0/s1. The minimum absolute atomic E-state index is 0.0451. The van der Waals surface area contributed by atoms with Gasteiger partial charge < -0.3 is 8.85 Å². The molecule has 4 heteroatoms. The van der Waals surface area contributed by atoms with E-state index in [-0.39, 0.29) is 16.1 Å². The molecule has 0 aromatic carbocycles. The summed E-state index contributed by atoms with van der Waals surface area (Å²) in [5.41, 5.74) is 0.504. The first-order valence-corrected chi connectivity index (χ1v) is 20.4. The quantitative estimate of drug-likeness (QED) is 0.217. The van der Waals surface area contributed by atoms with Gasteiger partial charge in [0.25, 0.3) is 0 Å². The second kappa shape index (κ2) is 10.3. The average Bonchev–Trinajstić information content (AvgIpc) is 2.97. The molecule has 0 saturated heterocycles. The van der Waals surface area contributed by atoms with Gasteiger partial charge in [-0.05, 0) is 113 Å². The second-order valence-electron chi connectivity index (χ2n) is 15.4. The van der Waals surface area contributed by atoms with Crippen LogP contribution in [0.15, 0.2) is 0 Å². The predicted molar refractivity (Wildman–Crippen MR) is 154 cm³/mol. The van der Waals surface area contributed by atoms with Gasteiger partial charge in [0.1, 0.15) is 0 Å². The van der Waals surface area contributed by atoms with Gasteiger partial charge in [0.2, 0.25) is 0 Å². The van der Waals surface area contributed by atoms with Crippen molar-refractivity contribution in [2.45, 2.75) is 156 Å². The van der Waals surface area contributed by atoms with E-state index in [4.69, 9.17) is 15.3 Å². The minimum Gasteiger partial charge on any atom is -0.414 e. The zero-order valence-corrected chi connectivity index (χ0v) is 27.0. The van der Waals surface area contributed by atoms with Crippen molar-refractivity contribution in [3.8, 4) is 12.3 Å². The average molecular weight is 507 g/mol. The Bertz CT molecular complexity index is 724. The van der Waals surface area contributed by atoms with Crippen molar-refractivity contribution in [2.24, 2.45) is 22.7 Å². The van der Waals surface area contributed by atoms with Crippen molar-refractivity contribution in [2.75, 3.05) is 0 Å². The van der Waals surface area contributed by atoms with Gasteiger partial charge in [0.15, 0.2) is 16.6 Å². The summed E-state index contributed by atoms with van der Waals surface area (Å²) in [6, 6.07) is 0. The summed E-state index contributed by atoms with van der Waals surface area (Å²) < 4.78 is 13.6. The summed E-state index contributed by atoms with van der Waals surface area (Å²) in [6.07, 6.45) is 17.3. The van der Waals surface area contributed by atoms with E-state index in [2.05, 4.69) is 87.1 Å². The van der Waals surface area contributed by atoms with Crippen LogP contribution in [0.25, 0.3) is 0 Å². The third-order valence-electron chi connectivity index (χ3n) is 9.77. The lowest BCUT2D eigenvalue weighted by Gasteiger charge is -2.52. The van der Waals surface area contributed by atoms with Crippen LogP contribution in [0, 0.1) is 35.0 Å². The fourth-order valence-electron chi connectivity index (χ4n) is 7.38. The lowest BCUT2D eigenvalue weighted by atomic mass is 9.56. The molecule has 2 rings (SSSR count). The highest BCUT2D eigenvalue weighted by atomic mass is 28.4. The molecule has 5 atom stereocenters. The molecule has 0 amide bonds. The van der Waals surface area contributed by atoms with Gasteiger partial charge in [-0.15, -0.1) is 12.3 Å². The predicted octanol–water partition coefficient (Wildman–Crippen LogP) is 9.42. The summed E-state index contributed by atoms with van der Waals surface area (Å²) in [4.78, 5) is 0. The second-order valence-corrected chi connectivity index (χ2v) is 24.6. The Balaban J connectivity index is 2.18. The van der Waals surface area contributed by atoms with Crippen LogP contribution in [-0.4, -0.2) is 28.3 Å². The van der Waals surface area contributed by atoms with Crippen LogP contribution < -0.4 is 0 Å². The van der Waals surface area contributed by atoms with Crippen LogP contribution in [0.1, 0.15) is 106 Å². The zero-order valence-electron chi connectivity index (χ0n) is 25.0. The molecule has 2 aliphatic rings. The van der Waals surface area contributed by atoms with E-state index in [1.165, 1.54) is 44.9 Å². The van der Waals surface area contributed by atoms with Crippen molar-refractivity contribution in [3.05, 3.63) is 0 Å². The first kappa shape index (κ1) is 30.1. The summed E-state index contributed by atoms with van der Waals surface area (Å²) in [5.74, 6) is 4.48. The third-order valence-corrected chi connectivity index (χ3v) is 15.4. The largest absolute Gasteiger partial charge is 0.414 e. The van der Waals surface area contributed by atoms with E-state index >= 15 is 0 Å². The molecule has 2 saturated carbocycles. The first-order valence-electron chi connectivity index (χ1n) is 14.1. The lowest BCUT2D eigenvalue weighted by Crippen LogP contribution is -2.51. The van der Waals surface area contributed by atoms with Gasteiger partial charge in [-0.3, -0.25) is 0 Å². The summed E-state index contributed by atoms with van der Waals surface area (Å²) in [6.45, 7) is 28.5. The number of fused-ring (bicyclic) bond motifs is 1. The topological polar surface area (TPSA) is 18.5 Å². The van der Waals surface area contributed by atoms with E-state index in [0.29, 0.717) is 23.4 Å². The Morgan fingerprint density at radius 1 is 0.941 bits per heavy atom. The number of hydrogen-bond donors (Lipinski definition) is 0. The Morgan fingerprint density at radius 2 is 1.56 bits per heavy atom. The monoisotopic (exact) mass is 506 g/mol. The first-order chi connectivity index (χ1) is 15.3. The van der Waals surface area contributed by atoms with E-state index < -0.39 is 16.6 Å². The Labute approximate surface area is 216 Å². The third kappa shape index (κ3) is 7.02. The van der Waals surface area contributed by atoms with Crippen LogP contribution in [0.2, 0.25) is 37.8 Å². The Kier molecular flexibility index (Phi) is 9.17. The highest BCUT2D eigenvalue weighted by Crippen LogP contribution is 2.63. The molecule has 0 radical (unpaired) electrons. The van der Waals surface area contributed by atoms with Crippen LogP contribution in [0.5, 0.6) is 0 Å². The van der Waals surface area contributed by atoms with Gasteiger partial charge >= 0.3 is 0 Å². The van der Waals surface area contributed by atoms with Gasteiger partial charge in [-0.1, -0.05) is 47.5 Å². The highest BCUT2D eigenvalue weighted by Gasteiger charge is 2.57. The van der Waals surface area contributed by atoms with E-state index in [0.717, 1.165) is 12.8 Å². The molecule has 2 fully saturated rings. The summed E-state index contributed by atoms with van der Waals surface area (Å²) in [5, 5.41) is 0.266. The molecule has 2 aliphatic carbocycles. The Morgan fingerprint density at radius 3 is 2.09 bits per heavy atom. The molecule has 0 aromatic heterocycles. The number of hydrogen-bond acceptors (Lipinski definition) is 2. The number of rotatable bonds is 10. The van der Waals surface area contributed by atoms with Crippen molar-refractivity contribution >= 4 is 16.6 Å². The van der Waals surface area contributed by atoms with E-state index in [1.807, 2.05) is 0 Å². The molecule has 198 valence electrons. The van der Waals surface area contributed by atoms with Gasteiger partial charge in [0.05, 0.1) is 5.60 Å². The molecule has 0 aliphatic heterocycles. The zero-order chi connectivity index (χ0) is 26.2. The summed E-state index contributed by atoms with van der Waals surface area (Å²) in [7, 11) is -3.32. The van der Waals surface area contributed by atoms with Crippen molar-refractivity contribution < 1.29 is 8.85 Å². The fourth-order valence-corrected chi connectivity index (χ4v) is 10.5. The molecule has 0 heterocycles. The van der Waals surface area contributed by atoms with E-state index in [9.17, 15) is 0 Å². The maximum atomic E-state index is 7.10.